The molecule has 2 amide bonds. The van der Waals surface area contributed by atoms with E-state index in [0.29, 0.717) is 38.4 Å². The zero-order valence-corrected chi connectivity index (χ0v) is 14.7. The first-order valence-corrected chi connectivity index (χ1v) is 8.98. The number of amides is 2. The Hall–Kier alpha value is -2.71. The molecule has 4 rings (SSSR count). The molecule has 2 aliphatic heterocycles. The van der Waals surface area contributed by atoms with Gasteiger partial charge in [0.05, 0.1) is 6.26 Å². The molecule has 0 spiro atoms. The van der Waals surface area contributed by atoms with Crippen molar-refractivity contribution >= 4 is 11.8 Å². The van der Waals surface area contributed by atoms with Crippen LogP contribution in [-0.2, 0) is 4.79 Å². The van der Waals surface area contributed by atoms with Crippen LogP contribution in [0.15, 0.2) is 47.1 Å². The molecule has 27 heavy (non-hydrogen) atoms. The van der Waals surface area contributed by atoms with E-state index in [9.17, 15) is 14.0 Å². The molecular weight excluding hydrogens is 351 g/mol. The van der Waals surface area contributed by atoms with E-state index in [1.165, 1.54) is 18.4 Å². The molecule has 1 aromatic carbocycles. The smallest absolute Gasteiger partial charge is 0.289 e. The van der Waals surface area contributed by atoms with Crippen LogP contribution in [0.4, 0.5) is 4.39 Å². The summed E-state index contributed by atoms with van der Waals surface area (Å²) in [5.74, 6) is -0.136. The van der Waals surface area contributed by atoms with Gasteiger partial charge in [-0.15, -0.1) is 0 Å². The number of nitrogens with zero attached hydrogens (tertiary/aromatic N) is 2. The Morgan fingerprint density at radius 3 is 2.52 bits per heavy atom. The van der Waals surface area contributed by atoms with Crippen molar-refractivity contribution in [2.45, 2.75) is 18.8 Å². The summed E-state index contributed by atoms with van der Waals surface area (Å²) in [6.45, 7) is 2.35. The zero-order chi connectivity index (χ0) is 18.8. The van der Waals surface area contributed by atoms with Gasteiger partial charge in [0, 0.05) is 38.6 Å². The van der Waals surface area contributed by atoms with Gasteiger partial charge >= 0.3 is 0 Å². The molecule has 2 aromatic rings. The van der Waals surface area contributed by atoms with Crippen LogP contribution in [0.25, 0.3) is 0 Å². The van der Waals surface area contributed by atoms with E-state index in [-0.39, 0.29) is 30.0 Å². The van der Waals surface area contributed by atoms with Gasteiger partial charge in [0.2, 0.25) is 5.91 Å². The molecule has 2 N–H and O–H groups in total. The van der Waals surface area contributed by atoms with Crippen LogP contribution in [0, 0.1) is 5.82 Å². The maximum Gasteiger partial charge on any atom is 0.289 e. The number of halogens is 1. The predicted octanol–water partition coefficient (Wildman–Crippen LogP) is 1.31. The van der Waals surface area contributed by atoms with E-state index in [4.69, 9.17) is 4.42 Å². The van der Waals surface area contributed by atoms with Crippen molar-refractivity contribution in [1.82, 2.24) is 20.4 Å². The van der Waals surface area contributed by atoms with E-state index < -0.39 is 0 Å². The van der Waals surface area contributed by atoms with Crippen LogP contribution >= 0.6 is 0 Å². The minimum atomic E-state index is -0.317. The summed E-state index contributed by atoms with van der Waals surface area (Å²) in [6, 6.07) is 9.37. The number of furan rings is 1. The second-order valence-corrected chi connectivity index (χ2v) is 6.75. The van der Waals surface area contributed by atoms with Crippen molar-refractivity contribution < 1.29 is 18.4 Å². The summed E-state index contributed by atoms with van der Waals surface area (Å²) in [6.07, 6.45) is 1.47. The average molecular weight is 372 g/mol. The van der Waals surface area contributed by atoms with Gasteiger partial charge in [-0.3, -0.25) is 19.8 Å². The Balaban J connectivity index is 1.38. The molecule has 1 aromatic heterocycles. The molecule has 2 unspecified atom stereocenters. The lowest BCUT2D eigenvalue weighted by atomic mass is 10.0. The second-order valence-electron chi connectivity index (χ2n) is 6.75. The Morgan fingerprint density at radius 2 is 1.85 bits per heavy atom. The van der Waals surface area contributed by atoms with E-state index in [0.717, 1.165) is 5.56 Å². The van der Waals surface area contributed by atoms with E-state index in [2.05, 4.69) is 15.5 Å². The number of nitrogens with one attached hydrogen (secondary N) is 2. The minimum Gasteiger partial charge on any atom is -0.459 e. The van der Waals surface area contributed by atoms with Gasteiger partial charge in [0.25, 0.3) is 5.91 Å². The number of hydrogen-bond donors (Lipinski definition) is 2. The van der Waals surface area contributed by atoms with Crippen LogP contribution in [0.3, 0.4) is 0 Å². The van der Waals surface area contributed by atoms with Crippen molar-refractivity contribution in [2.75, 3.05) is 26.2 Å². The lowest BCUT2D eigenvalue weighted by Gasteiger charge is -2.42. The van der Waals surface area contributed by atoms with Gasteiger partial charge in [-0.2, -0.15) is 0 Å². The molecule has 8 heteroatoms. The third-order valence-electron chi connectivity index (χ3n) is 5.02. The zero-order valence-electron chi connectivity index (χ0n) is 14.7. The first-order valence-electron chi connectivity index (χ1n) is 8.98. The first kappa shape index (κ1) is 17.7. The highest BCUT2D eigenvalue weighted by atomic mass is 19.1. The third-order valence-corrected chi connectivity index (χ3v) is 5.02. The van der Waals surface area contributed by atoms with Crippen LogP contribution in [0.5, 0.6) is 0 Å². The van der Waals surface area contributed by atoms with Crippen molar-refractivity contribution in [3.05, 3.63) is 59.8 Å². The monoisotopic (exact) mass is 372 g/mol. The molecule has 2 atom stereocenters. The van der Waals surface area contributed by atoms with Gasteiger partial charge in [0.15, 0.2) is 5.76 Å². The van der Waals surface area contributed by atoms with Crippen LogP contribution in [-0.4, -0.2) is 54.1 Å². The summed E-state index contributed by atoms with van der Waals surface area (Å²) in [7, 11) is 0. The highest BCUT2D eigenvalue weighted by Gasteiger charge is 2.33. The molecular formula is C19H21FN4O3. The van der Waals surface area contributed by atoms with Gasteiger partial charge in [0.1, 0.15) is 12.1 Å². The Bertz CT molecular complexity index is 801. The number of benzene rings is 1. The normalized spacial score (nSPS) is 23.9. The number of carbonyl (C=O) groups excluding carboxylic acids is 2. The fourth-order valence-corrected chi connectivity index (χ4v) is 3.53. The molecule has 0 aliphatic carbocycles. The summed E-state index contributed by atoms with van der Waals surface area (Å²) in [4.78, 5) is 28.4. The summed E-state index contributed by atoms with van der Waals surface area (Å²) in [5, 5.41) is 6.36. The molecule has 2 aliphatic rings. The Labute approximate surface area is 156 Å². The SMILES string of the molecule is O=C1CC(c2ccc(F)cc2)NC(N2CCN(C(=O)c3ccco3)CC2)N1. The average Bonchev–Trinajstić information content (AvgIpc) is 3.22. The van der Waals surface area contributed by atoms with E-state index in [1.807, 2.05) is 0 Å². The fraction of sp³-hybridized carbons (Fsp3) is 0.368. The van der Waals surface area contributed by atoms with Crippen molar-refractivity contribution in [1.29, 1.82) is 0 Å². The van der Waals surface area contributed by atoms with Crippen molar-refractivity contribution in [3.8, 4) is 0 Å². The molecule has 3 heterocycles. The third kappa shape index (κ3) is 3.86. The van der Waals surface area contributed by atoms with Crippen molar-refractivity contribution in [2.24, 2.45) is 0 Å². The molecule has 0 radical (unpaired) electrons. The van der Waals surface area contributed by atoms with Crippen LogP contribution in [0.1, 0.15) is 28.6 Å². The maximum absolute atomic E-state index is 13.2. The fourth-order valence-electron chi connectivity index (χ4n) is 3.53. The summed E-state index contributed by atoms with van der Waals surface area (Å²) < 4.78 is 18.3. The van der Waals surface area contributed by atoms with E-state index >= 15 is 0 Å². The van der Waals surface area contributed by atoms with E-state index in [1.54, 1.807) is 29.2 Å². The Morgan fingerprint density at radius 1 is 1.11 bits per heavy atom. The molecule has 7 nitrogen and oxygen atoms in total. The minimum absolute atomic E-state index is 0.0535. The maximum atomic E-state index is 13.2. The molecule has 0 saturated carbocycles. The highest BCUT2D eigenvalue weighted by molar-refractivity contribution is 5.91. The largest absolute Gasteiger partial charge is 0.459 e. The summed E-state index contributed by atoms with van der Waals surface area (Å²) in [5.41, 5.74) is 0.878. The molecule has 2 saturated heterocycles. The molecule has 0 bridgehead atoms. The summed E-state index contributed by atoms with van der Waals surface area (Å²) >= 11 is 0. The van der Waals surface area contributed by atoms with Gasteiger partial charge in [-0.25, -0.2) is 4.39 Å². The lowest BCUT2D eigenvalue weighted by molar-refractivity contribution is -0.127. The van der Waals surface area contributed by atoms with Crippen molar-refractivity contribution in [3.63, 3.8) is 0 Å². The lowest BCUT2D eigenvalue weighted by Crippen LogP contribution is -2.65. The number of carbonyl (C=O) groups is 2. The number of hydrogen-bond acceptors (Lipinski definition) is 5. The molecule has 2 fully saturated rings. The van der Waals surface area contributed by atoms with Gasteiger partial charge in [-0.05, 0) is 29.8 Å². The number of piperazine rings is 1. The first-order chi connectivity index (χ1) is 13.1. The predicted molar refractivity (Wildman–Crippen MR) is 95.0 cm³/mol. The highest BCUT2D eigenvalue weighted by Crippen LogP contribution is 2.22. The molecule has 142 valence electrons. The second kappa shape index (κ2) is 7.50. The number of rotatable bonds is 3. The van der Waals surface area contributed by atoms with Gasteiger partial charge in [-0.1, -0.05) is 12.1 Å². The van der Waals surface area contributed by atoms with Gasteiger partial charge < -0.3 is 14.6 Å². The standard InChI is InChI=1S/C19H21FN4O3/c20-14-5-3-13(4-6-14)15-12-17(25)22-19(21-15)24-9-7-23(8-10-24)18(26)16-2-1-11-27-16/h1-6,11,15,19,21H,7-10,12H2,(H,22,25). The quantitative estimate of drug-likeness (QED) is 0.850. The topological polar surface area (TPSA) is 77.8 Å². The van der Waals surface area contributed by atoms with Crippen LogP contribution < -0.4 is 10.6 Å². The van der Waals surface area contributed by atoms with Crippen LogP contribution in [0.2, 0.25) is 0 Å². The Kier molecular flexibility index (Phi) is 4.91.